The number of allylic oxidation sites excluding steroid dienone is 1. The Morgan fingerprint density at radius 3 is 2.46 bits per heavy atom. The molecule has 0 saturated heterocycles. The first-order valence-electron chi connectivity index (χ1n) is 8.33. The van der Waals surface area contributed by atoms with E-state index in [4.69, 9.17) is 4.84 Å². The minimum atomic E-state index is -0.410. The molecule has 0 bridgehead atoms. The highest BCUT2D eigenvalue weighted by atomic mass is 16.7. The lowest BCUT2D eigenvalue weighted by Gasteiger charge is -2.16. The molecule has 0 heterocycles. The van der Waals surface area contributed by atoms with Crippen molar-refractivity contribution < 1.29 is 9.63 Å². The highest BCUT2D eigenvalue weighted by molar-refractivity contribution is 6.04. The highest BCUT2D eigenvalue weighted by Crippen LogP contribution is 2.23. The van der Waals surface area contributed by atoms with E-state index in [0.717, 1.165) is 48.1 Å². The Kier molecular flexibility index (Phi) is 5.22. The molecule has 24 heavy (non-hydrogen) atoms. The Bertz CT molecular complexity index is 758. The predicted molar refractivity (Wildman–Crippen MR) is 96.9 cm³/mol. The molecule has 0 N–H and O–H groups in total. The molecule has 122 valence electrons. The highest BCUT2D eigenvalue weighted by Gasteiger charge is 2.15. The molecule has 0 atom stereocenters. The van der Waals surface area contributed by atoms with Crippen LogP contribution in [0.4, 0.5) is 0 Å². The van der Waals surface area contributed by atoms with Crippen LogP contribution in [0.1, 0.15) is 47.2 Å². The lowest BCUT2D eigenvalue weighted by molar-refractivity contribution is 0.0515. The van der Waals surface area contributed by atoms with Gasteiger partial charge in [-0.2, -0.15) is 0 Å². The average molecular weight is 319 g/mol. The summed E-state index contributed by atoms with van der Waals surface area (Å²) in [4.78, 5) is 17.3. The third-order valence-corrected chi connectivity index (χ3v) is 4.15. The first-order chi connectivity index (χ1) is 11.7. The molecule has 2 aromatic carbocycles. The van der Waals surface area contributed by atoms with Gasteiger partial charge in [-0.15, -0.1) is 0 Å². The minimum Gasteiger partial charge on any atom is -0.313 e. The van der Waals surface area contributed by atoms with Crippen LogP contribution in [-0.2, 0) is 4.84 Å². The second-order valence-corrected chi connectivity index (χ2v) is 6.07. The van der Waals surface area contributed by atoms with Crippen molar-refractivity contribution in [3.63, 3.8) is 0 Å². The molecule has 1 fully saturated rings. The summed E-state index contributed by atoms with van der Waals surface area (Å²) in [5, 5.41) is 4.16. The van der Waals surface area contributed by atoms with Gasteiger partial charge < -0.3 is 4.84 Å². The Hall–Kier alpha value is -2.68. The largest absolute Gasteiger partial charge is 0.365 e. The number of hydrogen-bond donors (Lipinski definition) is 0. The van der Waals surface area contributed by atoms with Gasteiger partial charge in [0.2, 0.25) is 0 Å². The van der Waals surface area contributed by atoms with Crippen LogP contribution in [0.15, 0.2) is 65.3 Å². The van der Waals surface area contributed by atoms with Crippen LogP contribution in [0.3, 0.4) is 0 Å². The standard InChI is InChI=1S/C21H21NO2/c1-16-11-13-18(14-12-16)21(23)24-22-20-10-6-5-9-19(20)15-17-7-3-2-4-8-17/h2-4,7-8,11-15H,5-6,9-10H2,1H3/b19-15+,22-20+. The van der Waals surface area contributed by atoms with Crippen LogP contribution in [0.2, 0.25) is 0 Å². The summed E-state index contributed by atoms with van der Waals surface area (Å²) in [5.41, 5.74) is 4.81. The van der Waals surface area contributed by atoms with E-state index in [2.05, 4.69) is 23.4 Å². The summed E-state index contributed by atoms with van der Waals surface area (Å²) in [6.07, 6.45) is 6.17. The molecule has 3 nitrogen and oxygen atoms in total. The summed E-state index contributed by atoms with van der Waals surface area (Å²) < 4.78 is 0. The third kappa shape index (κ3) is 4.19. The van der Waals surface area contributed by atoms with Gasteiger partial charge in [0.15, 0.2) is 0 Å². The Morgan fingerprint density at radius 1 is 1.00 bits per heavy atom. The smallest absolute Gasteiger partial charge is 0.313 e. The van der Waals surface area contributed by atoms with Crippen molar-refractivity contribution in [1.29, 1.82) is 0 Å². The maximum Gasteiger partial charge on any atom is 0.365 e. The molecular formula is C21H21NO2. The number of aryl methyl sites for hydroxylation is 1. The van der Waals surface area contributed by atoms with E-state index in [1.165, 1.54) is 0 Å². The van der Waals surface area contributed by atoms with Crippen LogP contribution in [0.5, 0.6) is 0 Å². The van der Waals surface area contributed by atoms with E-state index in [9.17, 15) is 4.79 Å². The lowest BCUT2D eigenvalue weighted by Crippen LogP contribution is -2.11. The molecule has 2 aromatic rings. The second kappa shape index (κ2) is 7.73. The van der Waals surface area contributed by atoms with Gasteiger partial charge in [0.1, 0.15) is 0 Å². The van der Waals surface area contributed by atoms with E-state index in [-0.39, 0.29) is 0 Å². The average Bonchev–Trinajstić information content (AvgIpc) is 2.62. The van der Waals surface area contributed by atoms with Gasteiger partial charge in [0.05, 0.1) is 11.3 Å². The molecule has 1 aliphatic carbocycles. The number of rotatable bonds is 3. The molecule has 0 amide bonds. The summed E-state index contributed by atoms with van der Waals surface area (Å²) >= 11 is 0. The summed E-state index contributed by atoms with van der Waals surface area (Å²) in [5.74, 6) is -0.410. The van der Waals surface area contributed by atoms with Gasteiger partial charge in [-0.1, -0.05) is 53.2 Å². The molecule has 0 aliphatic heterocycles. The number of nitrogens with zero attached hydrogens (tertiary/aromatic N) is 1. The lowest BCUT2D eigenvalue weighted by atomic mass is 9.91. The molecule has 1 saturated carbocycles. The fraction of sp³-hybridized carbons (Fsp3) is 0.238. The Balaban J connectivity index is 1.75. The van der Waals surface area contributed by atoms with E-state index in [1.807, 2.05) is 37.3 Å². The van der Waals surface area contributed by atoms with E-state index in [0.29, 0.717) is 5.56 Å². The van der Waals surface area contributed by atoms with Crippen LogP contribution >= 0.6 is 0 Å². The normalized spacial score (nSPS) is 17.9. The van der Waals surface area contributed by atoms with Gasteiger partial charge in [0, 0.05) is 0 Å². The SMILES string of the molecule is Cc1ccc(C(=O)O/N=C2\CCCC\C2=C/c2ccccc2)cc1. The predicted octanol–water partition coefficient (Wildman–Crippen LogP) is 5.17. The molecule has 1 aliphatic rings. The van der Waals surface area contributed by atoms with E-state index in [1.54, 1.807) is 12.1 Å². The zero-order valence-corrected chi connectivity index (χ0v) is 13.9. The van der Waals surface area contributed by atoms with Crippen LogP contribution in [0.25, 0.3) is 6.08 Å². The third-order valence-electron chi connectivity index (χ3n) is 4.15. The summed E-state index contributed by atoms with van der Waals surface area (Å²) in [7, 11) is 0. The molecule has 3 heteroatoms. The fourth-order valence-corrected chi connectivity index (χ4v) is 2.76. The second-order valence-electron chi connectivity index (χ2n) is 6.07. The van der Waals surface area contributed by atoms with Crippen LogP contribution < -0.4 is 0 Å². The molecule has 0 unspecified atom stereocenters. The molecule has 3 rings (SSSR count). The number of carbonyl (C=O) groups is 1. The van der Waals surface area contributed by atoms with Crippen molar-refractivity contribution >= 4 is 17.8 Å². The molecular weight excluding hydrogens is 298 g/mol. The zero-order valence-electron chi connectivity index (χ0n) is 13.9. The van der Waals surface area contributed by atoms with Crippen LogP contribution in [0, 0.1) is 6.92 Å². The monoisotopic (exact) mass is 319 g/mol. The molecule has 0 aromatic heterocycles. The molecule has 0 spiro atoms. The maximum absolute atomic E-state index is 12.1. The number of hydrogen-bond acceptors (Lipinski definition) is 3. The van der Waals surface area contributed by atoms with Crippen molar-refractivity contribution in [2.24, 2.45) is 5.16 Å². The quantitative estimate of drug-likeness (QED) is 0.578. The first-order valence-corrected chi connectivity index (χ1v) is 8.33. The van der Waals surface area contributed by atoms with Crippen molar-refractivity contribution in [3.8, 4) is 0 Å². The number of benzene rings is 2. The van der Waals surface area contributed by atoms with Gasteiger partial charge in [-0.3, -0.25) is 0 Å². The van der Waals surface area contributed by atoms with Crippen molar-refractivity contribution in [2.75, 3.05) is 0 Å². The Labute approximate surface area is 142 Å². The maximum atomic E-state index is 12.1. The topological polar surface area (TPSA) is 38.7 Å². The van der Waals surface area contributed by atoms with Gasteiger partial charge in [-0.25, -0.2) is 4.79 Å². The van der Waals surface area contributed by atoms with Crippen molar-refractivity contribution in [1.82, 2.24) is 0 Å². The van der Waals surface area contributed by atoms with Crippen molar-refractivity contribution in [3.05, 3.63) is 76.9 Å². The van der Waals surface area contributed by atoms with E-state index >= 15 is 0 Å². The van der Waals surface area contributed by atoms with Crippen LogP contribution in [-0.4, -0.2) is 11.7 Å². The van der Waals surface area contributed by atoms with Gasteiger partial charge in [-0.05, 0) is 62.0 Å². The van der Waals surface area contributed by atoms with Crippen molar-refractivity contribution in [2.45, 2.75) is 32.6 Å². The summed E-state index contributed by atoms with van der Waals surface area (Å²) in [6.45, 7) is 1.98. The van der Waals surface area contributed by atoms with Gasteiger partial charge in [0.25, 0.3) is 0 Å². The number of carbonyl (C=O) groups excluding carboxylic acids is 1. The minimum absolute atomic E-state index is 0.410. The Morgan fingerprint density at radius 2 is 1.71 bits per heavy atom. The first kappa shape index (κ1) is 16.2. The fourth-order valence-electron chi connectivity index (χ4n) is 2.76. The van der Waals surface area contributed by atoms with E-state index < -0.39 is 5.97 Å². The zero-order chi connectivity index (χ0) is 16.8. The summed E-state index contributed by atoms with van der Waals surface area (Å²) in [6, 6.07) is 17.5. The molecule has 0 radical (unpaired) electrons. The van der Waals surface area contributed by atoms with Gasteiger partial charge >= 0.3 is 5.97 Å². The number of oxime groups is 1.